The maximum absolute atomic E-state index is 10.0. The van der Waals surface area contributed by atoms with E-state index in [1.54, 1.807) is 0 Å². The van der Waals surface area contributed by atoms with Crippen molar-refractivity contribution in [2.45, 2.75) is 12.3 Å². The number of hydrogen-bond acceptors (Lipinski definition) is 2. The van der Waals surface area contributed by atoms with Gasteiger partial charge in [0.25, 0.3) is 0 Å². The summed E-state index contributed by atoms with van der Waals surface area (Å²) in [5, 5.41) is 22.6. The molecule has 0 spiro atoms. The molecule has 0 aliphatic heterocycles. The zero-order chi connectivity index (χ0) is 27.1. The third-order valence-electron chi connectivity index (χ3n) is 7.90. The van der Waals surface area contributed by atoms with E-state index < -0.39 is 7.12 Å². The molecule has 4 heteroatoms. The van der Waals surface area contributed by atoms with Crippen LogP contribution in [-0.2, 0) is 0 Å². The van der Waals surface area contributed by atoms with Crippen LogP contribution in [0.25, 0.3) is 44.2 Å². The lowest BCUT2D eigenvalue weighted by atomic mass is 9.76. The predicted molar refractivity (Wildman–Crippen MR) is 167 cm³/mol. The molecule has 1 atom stereocenters. The lowest BCUT2D eigenvalue weighted by Crippen LogP contribution is -2.30. The first-order valence-electron chi connectivity index (χ1n) is 13.7. The van der Waals surface area contributed by atoms with Gasteiger partial charge in [-0.25, -0.2) is 0 Å². The molecule has 0 radical (unpaired) electrons. The number of hydrogen-bond donors (Lipinski definition) is 2. The highest BCUT2D eigenvalue weighted by molar-refractivity contribution is 6.58. The Morgan fingerprint density at radius 1 is 0.625 bits per heavy atom. The van der Waals surface area contributed by atoms with Crippen molar-refractivity contribution in [3.8, 4) is 16.8 Å². The largest absolute Gasteiger partial charge is 0.488 e. The van der Waals surface area contributed by atoms with E-state index in [0.29, 0.717) is 5.46 Å². The van der Waals surface area contributed by atoms with Gasteiger partial charge in [0, 0.05) is 22.4 Å². The van der Waals surface area contributed by atoms with Gasteiger partial charge < -0.3 is 14.6 Å². The summed E-state index contributed by atoms with van der Waals surface area (Å²) in [6.45, 7) is 0. The molecule has 0 amide bonds. The van der Waals surface area contributed by atoms with Crippen LogP contribution in [0.1, 0.15) is 23.5 Å². The van der Waals surface area contributed by atoms with E-state index in [1.165, 1.54) is 27.4 Å². The molecule has 192 valence electrons. The third-order valence-corrected chi connectivity index (χ3v) is 7.90. The van der Waals surface area contributed by atoms with Crippen molar-refractivity contribution in [1.82, 2.24) is 4.57 Å². The van der Waals surface area contributed by atoms with Gasteiger partial charge in [-0.2, -0.15) is 0 Å². The summed E-state index contributed by atoms with van der Waals surface area (Å²) in [4.78, 5) is 0. The Balaban J connectivity index is 1.32. The SMILES string of the molecule is OB(O)c1cc(C2=CC(c3ccc4c(c3)c3ccccc3n4-c3ccccc3)CC=C2)cc(-c2ccccc2)c1. The predicted octanol–water partition coefficient (Wildman–Crippen LogP) is 7.26. The topological polar surface area (TPSA) is 45.4 Å². The normalized spacial score (nSPS) is 14.9. The zero-order valence-corrected chi connectivity index (χ0v) is 22.0. The van der Waals surface area contributed by atoms with E-state index in [2.05, 4.69) is 102 Å². The maximum atomic E-state index is 10.0. The number of nitrogens with zero attached hydrogens (tertiary/aromatic N) is 1. The van der Waals surface area contributed by atoms with E-state index in [-0.39, 0.29) is 5.92 Å². The summed E-state index contributed by atoms with van der Waals surface area (Å²) in [5.41, 5.74) is 9.39. The van der Waals surface area contributed by atoms with Gasteiger partial charge >= 0.3 is 7.12 Å². The van der Waals surface area contributed by atoms with Crippen LogP contribution in [0.2, 0.25) is 0 Å². The van der Waals surface area contributed by atoms with Crippen LogP contribution in [0.3, 0.4) is 0 Å². The van der Waals surface area contributed by atoms with Crippen LogP contribution < -0.4 is 5.46 Å². The summed E-state index contributed by atoms with van der Waals surface area (Å²) in [7, 11) is -1.53. The Labute approximate surface area is 234 Å². The maximum Gasteiger partial charge on any atom is 0.488 e. The third kappa shape index (κ3) is 4.38. The number of fused-ring (bicyclic) bond motifs is 3. The first-order valence-corrected chi connectivity index (χ1v) is 13.7. The fourth-order valence-electron chi connectivity index (χ4n) is 5.95. The molecule has 1 aliphatic carbocycles. The Morgan fingerprint density at radius 3 is 2.12 bits per heavy atom. The first-order chi connectivity index (χ1) is 19.7. The van der Waals surface area contributed by atoms with Crippen molar-refractivity contribution in [3.05, 3.63) is 151 Å². The Kier molecular flexibility index (Phi) is 6.20. The molecular formula is C36H28BNO2. The second-order valence-electron chi connectivity index (χ2n) is 10.4. The molecule has 1 unspecified atom stereocenters. The molecule has 0 bridgehead atoms. The molecule has 6 aromatic rings. The minimum Gasteiger partial charge on any atom is -0.423 e. The van der Waals surface area contributed by atoms with Crippen molar-refractivity contribution in [3.63, 3.8) is 0 Å². The molecule has 7 rings (SSSR count). The molecule has 0 saturated heterocycles. The number of rotatable bonds is 5. The van der Waals surface area contributed by atoms with Gasteiger partial charge in [-0.1, -0.05) is 103 Å². The van der Waals surface area contributed by atoms with Crippen molar-refractivity contribution < 1.29 is 10.0 Å². The fourth-order valence-corrected chi connectivity index (χ4v) is 5.95. The Hall–Kier alpha value is -4.64. The second-order valence-corrected chi connectivity index (χ2v) is 10.4. The highest BCUT2D eigenvalue weighted by Crippen LogP contribution is 2.37. The molecule has 40 heavy (non-hydrogen) atoms. The van der Waals surface area contributed by atoms with Gasteiger partial charge in [0.2, 0.25) is 0 Å². The second kappa shape index (κ2) is 10.2. The molecule has 3 nitrogen and oxygen atoms in total. The summed E-state index contributed by atoms with van der Waals surface area (Å²) >= 11 is 0. The Bertz CT molecular complexity index is 1900. The van der Waals surface area contributed by atoms with E-state index >= 15 is 0 Å². The molecule has 2 N–H and O–H groups in total. The fraction of sp³-hybridized carbons (Fsp3) is 0.0556. The molecule has 1 aromatic heterocycles. The molecule has 1 heterocycles. The standard InChI is InChI=1S/C36H28BNO2/c39-37(40)31-22-29(25-10-3-1-4-11-25)21-30(23-31)27-13-9-12-26(20-27)28-18-19-36-34(24-28)33-16-7-8-17-35(33)38(36)32-14-5-2-6-15-32/h1-11,13-24,26,39-40H,12H2. The van der Waals surface area contributed by atoms with Crippen LogP contribution in [0, 0.1) is 0 Å². The number of allylic oxidation sites excluding steroid dienone is 4. The number of para-hydroxylation sites is 2. The van der Waals surface area contributed by atoms with Gasteiger partial charge in [-0.15, -0.1) is 0 Å². The van der Waals surface area contributed by atoms with E-state index in [0.717, 1.165) is 34.4 Å². The highest BCUT2D eigenvalue weighted by atomic mass is 16.4. The van der Waals surface area contributed by atoms with Crippen LogP contribution in [0.5, 0.6) is 0 Å². The number of benzene rings is 5. The molecule has 5 aromatic carbocycles. The first kappa shape index (κ1) is 24.4. The van der Waals surface area contributed by atoms with Crippen molar-refractivity contribution >= 4 is 40.0 Å². The lowest BCUT2D eigenvalue weighted by molar-refractivity contribution is 0.426. The van der Waals surface area contributed by atoms with Gasteiger partial charge in [0.1, 0.15) is 0 Å². The quantitative estimate of drug-likeness (QED) is 0.237. The monoisotopic (exact) mass is 517 g/mol. The summed E-state index contributed by atoms with van der Waals surface area (Å²) in [6, 6.07) is 41.9. The highest BCUT2D eigenvalue weighted by Gasteiger charge is 2.19. The zero-order valence-electron chi connectivity index (χ0n) is 22.0. The molecule has 0 saturated carbocycles. The minimum absolute atomic E-state index is 0.214. The number of aromatic nitrogens is 1. The lowest BCUT2D eigenvalue weighted by Gasteiger charge is -2.19. The molecule has 1 aliphatic rings. The summed E-state index contributed by atoms with van der Waals surface area (Å²) in [5.74, 6) is 0.214. The Morgan fingerprint density at radius 2 is 1.32 bits per heavy atom. The summed E-state index contributed by atoms with van der Waals surface area (Å²) < 4.78 is 2.34. The van der Waals surface area contributed by atoms with Gasteiger partial charge in [-0.3, -0.25) is 0 Å². The van der Waals surface area contributed by atoms with Crippen LogP contribution >= 0.6 is 0 Å². The summed E-state index contributed by atoms with van der Waals surface area (Å²) in [6.07, 6.45) is 7.60. The molecule has 0 fully saturated rings. The molecular weight excluding hydrogens is 489 g/mol. The smallest absolute Gasteiger partial charge is 0.423 e. The van der Waals surface area contributed by atoms with Crippen LogP contribution in [0.15, 0.2) is 140 Å². The van der Waals surface area contributed by atoms with Gasteiger partial charge in [-0.05, 0) is 76.1 Å². The average Bonchev–Trinajstić information content (AvgIpc) is 3.35. The van der Waals surface area contributed by atoms with E-state index in [4.69, 9.17) is 0 Å². The van der Waals surface area contributed by atoms with Crippen molar-refractivity contribution in [2.75, 3.05) is 0 Å². The van der Waals surface area contributed by atoms with Crippen molar-refractivity contribution in [1.29, 1.82) is 0 Å². The van der Waals surface area contributed by atoms with Crippen molar-refractivity contribution in [2.24, 2.45) is 0 Å². The minimum atomic E-state index is -1.53. The van der Waals surface area contributed by atoms with Gasteiger partial charge in [0.15, 0.2) is 0 Å². The van der Waals surface area contributed by atoms with E-state index in [1.807, 2.05) is 42.5 Å². The average molecular weight is 517 g/mol. The van der Waals surface area contributed by atoms with Gasteiger partial charge in [0.05, 0.1) is 11.0 Å². The van der Waals surface area contributed by atoms with E-state index in [9.17, 15) is 10.0 Å². The van der Waals surface area contributed by atoms with Crippen LogP contribution in [-0.4, -0.2) is 21.7 Å². The van der Waals surface area contributed by atoms with Crippen LogP contribution in [0.4, 0.5) is 0 Å².